The van der Waals surface area contributed by atoms with Crippen molar-refractivity contribution in [1.82, 2.24) is 34.7 Å². The lowest BCUT2D eigenvalue weighted by atomic mass is 10.0. The van der Waals surface area contributed by atoms with Gasteiger partial charge in [0.05, 0.1) is 12.2 Å². The molecule has 0 unspecified atom stereocenters. The summed E-state index contributed by atoms with van der Waals surface area (Å²) >= 11 is 6.35. The van der Waals surface area contributed by atoms with Crippen LogP contribution in [0.15, 0.2) is 47.4 Å². The maximum absolute atomic E-state index is 12.6. The molecule has 4 rings (SSSR count). The van der Waals surface area contributed by atoms with E-state index in [4.69, 9.17) is 11.6 Å². The molecule has 0 aliphatic heterocycles. The fourth-order valence-electron chi connectivity index (χ4n) is 3.38. The van der Waals surface area contributed by atoms with E-state index >= 15 is 0 Å². The maximum atomic E-state index is 12.6. The number of aromatic nitrogens is 7. The van der Waals surface area contributed by atoms with Gasteiger partial charge in [-0.25, -0.2) is 9.89 Å². The summed E-state index contributed by atoms with van der Waals surface area (Å²) in [5, 5.41) is 14.5. The standard InChI is InChI=1S/C20H20ClN7O/c1-3-5-16-18(21)27(2)20(29)28(16)12-13-7-9-14(10-8-13)15-6-4-11-22-17(15)19-23-25-26-24-19/h4,6-11H,3,5,12H2,1-2H3,(H,23,24,25,26). The van der Waals surface area contributed by atoms with Crippen molar-refractivity contribution in [2.45, 2.75) is 26.3 Å². The van der Waals surface area contributed by atoms with E-state index in [0.717, 1.165) is 35.2 Å². The number of pyridine rings is 1. The van der Waals surface area contributed by atoms with Crippen molar-refractivity contribution in [3.63, 3.8) is 0 Å². The lowest BCUT2D eigenvalue weighted by molar-refractivity contribution is 0.681. The van der Waals surface area contributed by atoms with Crippen molar-refractivity contribution in [2.75, 3.05) is 0 Å². The third-order valence-corrected chi connectivity index (χ3v) is 5.32. The van der Waals surface area contributed by atoms with E-state index in [1.54, 1.807) is 17.8 Å². The molecule has 0 saturated heterocycles. The van der Waals surface area contributed by atoms with Crippen molar-refractivity contribution in [3.8, 4) is 22.6 Å². The van der Waals surface area contributed by atoms with Gasteiger partial charge in [-0.05, 0) is 34.0 Å². The average molecular weight is 410 g/mol. The van der Waals surface area contributed by atoms with Gasteiger partial charge in [-0.1, -0.05) is 55.3 Å². The monoisotopic (exact) mass is 409 g/mol. The largest absolute Gasteiger partial charge is 0.329 e. The van der Waals surface area contributed by atoms with E-state index in [1.165, 1.54) is 4.57 Å². The highest BCUT2D eigenvalue weighted by Gasteiger charge is 2.16. The normalized spacial score (nSPS) is 11.1. The van der Waals surface area contributed by atoms with Crippen LogP contribution in [-0.2, 0) is 20.0 Å². The second-order valence-corrected chi connectivity index (χ2v) is 7.12. The SMILES string of the molecule is CCCc1c(Cl)n(C)c(=O)n1Cc1ccc(-c2cccnc2-c2nnn[nH]2)cc1. The van der Waals surface area contributed by atoms with Crippen molar-refractivity contribution >= 4 is 11.6 Å². The van der Waals surface area contributed by atoms with E-state index < -0.39 is 0 Å². The summed E-state index contributed by atoms with van der Waals surface area (Å²) in [7, 11) is 1.70. The predicted octanol–water partition coefficient (Wildman–Crippen LogP) is 3.08. The van der Waals surface area contributed by atoms with Gasteiger partial charge in [0.25, 0.3) is 0 Å². The van der Waals surface area contributed by atoms with Gasteiger partial charge < -0.3 is 0 Å². The first-order chi connectivity index (χ1) is 14.1. The maximum Gasteiger partial charge on any atom is 0.329 e. The van der Waals surface area contributed by atoms with Gasteiger partial charge in [-0.2, -0.15) is 0 Å². The lowest BCUT2D eigenvalue weighted by Crippen LogP contribution is -2.24. The number of tetrazole rings is 1. The van der Waals surface area contributed by atoms with Crippen molar-refractivity contribution < 1.29 is 0 Å². The lowest BCUT2D eigenvalue weighted by Gasteiger charge is -2.09. The summed E-state index contributed by atoms with van der Waals surface area (Å²) in [6, 6.07) is 11.9. The summed E-state index contributed by atoms with van der Waals surface area (Å²) in [6.07, 6.45) is 3.39. The number of nitrogens with one attached hydrogen (secondary N) is 1. The molecule has 0 radical (unpaired) electrons. The Bertz CT molecular complexity index is 1180. The molecule has 0 amide bonds. The second-order valence-electron chi connectivity index (χ2n) is 6.76. The third-order valence-electron chi connectivity index (χ3n) is 4.85. The molecule has 3 heterocycles. The topological polar surface area (TPSA) is 94.3 Å². The van der Waals surface area contributed by atoms with Crippen LogP contribution in [0.1, 0.15) is 24.6 Å². The summed E-state index contributed by atoms with van der Waals surface area (Å²) in [5.41, 5.74) is 4.38. The van der Waals surface area contributed by atoms with Crippen LogP contribution in [0.4, 0.5) is 0 Å². The van der Waals surface area contributed by atoms with E-state index in [9.17, 15) is 4.79 Å². The minimum atomic E-state index is -0.102. The molecule has 0 saturated carbocycles. The van der Waals surface area contributed by atoms with Gasteiger partial charge in [0.15, 0.2) is 5.82 Å². The number of imidazole rings is 1. The van der Waals surface area contributed by atoms with Gasteiger partial charge in [0.1, 0.15) is 10.8 Å². The molecule has 0 aliphatic rings. The Labute approximate surface area is 172 Å². The zero-order valence-corrected chi connectivity index (χ0v) is 16.9. The molecule has 0 fully saturated rings. The predicted molar refractivity (Wildman–Crippen MR) is 111 cm³/mol. The number of aromatic amines is 1. The molecule has 0 spiro atoms. The summed E-state index contributed by atoms with van der Waals surface area (Å²) < 4.78 is 3.24. The van der Waals surface area contributed by atoms with Gasteiger partial charge in [-0.3, -0.25) is 14.1 Å². The first-order valence-corrected chi connectivity index (χ1v) is 9.70. The fourth-order valence-corrected chi connectivity index (χ4v) is 3.65. The minimum absolute atomic E-state index is 0.102. The Balaban J connectivity index is 1.66. The van der Waals surface area contributed by atoms with Crippen molar-refractivity contribution in [1.29, 1.82) is 0 Å². The molecule has 9 heteroatoms. The molecule has 148 valence electrons. The molecule has 1 aromatic carbocycles. The Morgan fingerprint density at radius 2 is 1.97 bits per heavy atom. The quantitative estimate of drug-likeness (QED) is 0.528. The highest BCUT2D eigenvalue weighted by Crippen LogP contribution is 2.28. The molecule has 3 aromatic heterocycles. The van der Waals surface area contributed by atoms with Gasteiger partial charge in [-0.15, -0.1) is 5.10 Å². The molecule has 29 heavy (non-hydrogen) atoms. The number of H-pyrrole nitrogens is 1. The van der Waals surface area contributed by atoms with E-state index in [0.29, 0.717) is 23.2 Å². The Morgan fingerprint density at radius 3 is 2.66 bits per heavy atom. The van der Waals surface area contributed by atoms with Crippen LogP contribution >= 0.6 is 11.6 Å². The summed E-state index contributed by atoms with van der Waals surface area (Å²) in [5.74, 6) is 0.513. The Hall–Kier alpha value is -3.26. The second kappa shape index (κ2) is 8.00. The van der Waals surface area contributed by atoms with E-state index in [1.807, 2.05) is 36.4 Å². The zero-order chi connectivity index (χ0) is 20.4. The van der Waals surface area contributed by atoms with Crippen LogP contribution < -0.4 is 5.69 Å². The molecular formula is C20H20ClN7O. The number of hydrogen-bond acceptors (Lipinski definition) is 5. The van der Waals surface area contributed by atoms with Crippen LogP contribution in [0.5, 0.6) is 0 Å². The smallest absolute Gasteiger partial charge is 0.290 e. The van der Waals surface area contributed by atoms with Crippen LogP contribution in [0, 0.1) is 0 Å². The average Bonchev–Trinajstić information content (AvgIpc) is 3.35. The number of benzene rings is 1. The highest BCUT2D eigenvalue weighted by molar-refractivity contribution is 6.30. The number of nitrogens with zero attached hydrogens (tertiary/aromatic N) is 6. The molecule has 0 atom stereocenters. The van der Waals surface area contributed by atoms with Gasteiger partial charge in [0, 0.05) is 18.8 Å². The number of rotatable bonds is 6. The Morgan fingerprint density at radius 1 is 1.17 bits per heavy atom. The fraction of sp³-hybridized carbons (Fsp3) is 0.250. The van der Waals surface area contributed by atoms with Crippen LogP contribution in [-0.4, -0.2) is 34.7 Å². The first-order valence-electron chi connectivity index (χ1n) is 9.32. The molecule has 8 nitrogen and oxygen atoms in total. The van der Waals surface area contributed by atoms with Crippen molar-refractivity contribution in [3.05, 3.63) is 69.5 Å². The van der Waals surface area contributed by atoms with Crippen LogP contribution in [0.2, 0.25) is 5.15 Å². The molecule has 4 aromatic rings. The molecule has 0 aliphatic carbocycles. The third kappa shape index (κ3) is 3.58. The molecule has 1 N–H and O–H groups in total. The number of halogens is 1. The highest BCUT2D eigenvalue weighted by atomic mass is 35.5. The van der Waals surface area contributed by atoms with Crippen LogP contribution in [0.3, 0.4) is 0 Å². The molecular weight excluding hydrogens is 390 g/mol. The first kappa shape index (κ1) is 19.1. The molecule has 0 bridgehead atoms. The minimum Gasteiger partial charge on any atom is -0.290 e. The summed E-state index contributed by atoms with van der Waals surface area (Å²) in [4.78, 5) is 17.0. The van der Waals surface area contributed by atoms with E-state index in [2.05, 4.69) is 32.5 Å². The van der Waals surface area contributed by atoms with Gasteiger partial charge in [0.2, 0.25) is 0 Å². The summed E-state index contributed by atoms with van der Waals surface area (Å²) in [6.45, 7) is 2.55. The number of hydrogen-bond donors (Lipinski definition) is 1. The Kier molecular flexibility index (Phi) is 5.26. The zero-order valence-electron chi connectivity index (χ0n) is 16.1. The van der Waals surface area contributed by atoms with Gasteiger partial charge >= 0.3 is 5.69 Å². The van der Waals surface area contributed by atoms with Crippen LogP contribution in [0.25, 0.3) is 22.6 Å². The van der Waals surface area contributed by atoms with Crippen molar-refractivity contribution in [2.24, 2.45) is 7.05 Å². The van der Waals surface area contributed by atoms with E-state index in [-0.39, 0.29) is 5.69 Å².